The van der Waals surface area contributed by atoms with Gasteiger partial charge in [-0.2, -0.15) is 0 Å². The third-order valence-corrected chi connectivity index (χ3v) is 4.31. The lowest BCUT2D eigenvalue weighted by Crippen LogP contribution is -2.31. The van der Waals surface area contributed by atoms with E-state index in [0.717, 1.165) is 27.7 Å². The minimum atomic E-state index is -0.501. The second-order valence-corrected chi connectivity index (χ2v) is 8.28. The highest BCUT2D eigenvalue weighted by molar-refractivity contribution is 7.15. The molecular formula is C19H27N3O3S. The molecule has 0 saturated heterocycles. The highest BCUT2D eigenvalue weighted by Gasteiger charge is 2.16. The third kappa shape index (κ3) is 7.01. The molecule has 2 rings (SSSR count). The molecule has 26 heavy (non-hydrogen) atoms. The van der Waals surface area contributed by atoms with Crippen molar-refractivity contribution in [2.24, 2.45) is 0 Å². The Morgan fingerprint density at radius 3 is 2.54 bits per heavy atom. The molecular weight excluding hydrogens is 350 g/mol. The van der Waals surface area contributed by atoms with Crippen LogP contribution in [0.1, 0.15) is 25.6 Å². The van der Waals surface area contributed by atoms with Crippen molar-refractivity contribution in [3.05, 3.63) is 35.3 Å². The maximum absolute atomic E-state index is 11.7. The molecule has 0 aliphatic heterocycles. The predicted octanol–water partition coefficient (Wildman–Crippen LogP) is 3.78. The van der Waals surface area contributed by atoms with Crippen LogP contribution >= 0.6 is 11.3 Å². The van der Waals surface area contributed by atoms with Gasteiger partial charge in [0.1, 0.15) is 23.0 Å². The van der Waals surface area contributed by atoms with Gasteiger partial charge in [-0.15, -0.1) is 11.3 Å². The topological polar surface area (TPSA) is 63.7 Å². The van der Waals surface area contributed by atoms with Crippen LogP contribution in [-0.2, 0) is 11.3 Å². The summed E-state index contributed by atoms with van der Waals surface area (Å²) in [5.41, 5.74) is 0.526. The van der Waals surface area contributed by atoms with Gasteiger partial charge in [-0.3, -0.25) is 0 Å². The van der Waals surface area contributed by atoms with Crippen LogP contribution in [0.5, 0.6) is 5.75 Å². The fourth-order valence-corrected chi connectivity index (χ4v) is 2.89. The van der Waals surface area contributed by atoms with Gasteiger partial charge in [-0.1, -0.05) is 0 Å². The number of ether oxygens (including phenoxy) is 2. The van der Waals surface area contributed by atoms with Crippen LogP contribution in [-0.4, -0.2) is 48.8 Å². The Labute approximate surface area is 159 Å². The number of likely N-dealkylation sites (N-methyl/N-ethyl adjacent to an activating group) is 1. The number of hydrogen-bond donors (Lipinski definition) is 1. The van der Waals surface area contributed by atoms with E-state index in [1.54, 1.807) is 17.5 Å². The molecule has 1 aromatic carbocycles. The number of thiazole rings is 1. The first-order chi connectivity index (χ1) is 12.2. The molecule has 1 aromatic heterocycles. The molecule has 0 spiro atoms. The smallest absolute Gasteiger partial charge is 0.407 e. The van der Waals surface area contributed by atoms with E-state index in [1.807, 2.05) is 59.1 Å². The van der Waals surface area contributed by atoms with E-state index in [0.29, 0.717) is 13.2 Å². The summed E-state index contributed by atoms with van der Waals surface area (Å²) in [6.07, 6.45) is 1.35. The van der Waals surface area contributed by atoms with Gasteiger partial charge in [-0.25, -0.2) is 9.78 Å². The monoisotopic (exact) mass is 377 g/mol. The Kier molecular flexibility index (Phi) is 6.99. The van der Waals surface area contributed by atoms with Gasteiger partial charge in [0.25, 0.3) is 0 Å². The summed E-state index contributed by atoms with van der Waals surface area (Å²) < 4.78 is 10.9. The van der Waals surface area contributed by atoms with Crippen LogP contribution in [0.4, 0.5) is 4.79 Å². The zero-order valence-electron chi connectivity index (χ0n) is 16.0. The van der Waals surface area contributed by atoms with Crippen molar-refractivity contribution in [3.8, 4) is 16.3 Å². The highest BCUT2D eigenvalue weighted by atomic mass is 32.1. The van der Waals surface area contributed by atoms with Crippen molar-refractivity contribution in [1.82, 2.24) is 15.2 Å². The molecule has 7 heteroatoms. The van der Waals surface area contributed by atoms with Gasteiger partial charge in [0.15, 0.2) is 0 Å². The summed E-state index contributed by atoms with van der Waals surface area (Å²) >= 11 is 1.54. The van der Waals surface area contributed by atoms with Crippen LogP contribution in [0.25, 0.3) is 10.6 Å². The Balaban J connectivity index is 1.87. The van der Waals surface area contributed by atoms with Crippen molar-refractivity contribution in [2.75, 3.05) is 27.2 Å². The molecule has 0 radical (unpaired) electrons. The van der Waals surface area contributed by atoms with Gasteiger partial charge in [0.05, 0.1) is 6.54 Å². The Hall–Kier alpha value is -2.12. The summed E-state index contributed by atoms with van der Waals surface area (Å²) in [6.45, 7) is 7.45. The second kappa shape index (κ2) is 9.00. The molecule has 1 amide bonds. The maximum atomic E-state index is 11.7. The first-order valence-corrected chi connectivity index (χ1v) is 9.34. The van der Waals surface area contributed by atoms with Crippen molar-refractivity contribution in [1.29, 1.82) is 0 Å². The number of amides is 1. The van der Waals surface area contributed by atoms with Crippen LogP contribution < -0.4 is 10.1 Å². The summed E-state index contributed by atoms with van der Waals surface area (Å²) in [5, 5.41) is 3.66. The van der Waals surface area contributed by atoms with E-state index in [1.165, 1.54) is 0 Å². The lowest BCUT2D eigenvalue weighted by molar-refractivity contribution is 0.0524. The van der Waals surface area contributed by atoms with E-state index >= 15 is 0 Å². The third-order valence-electron chi connectivity index (χ3n) is 3.27. The lowest BCUT2D eigenvalue weighted by Gasteiger charge is -2.19. The molecule has 0 saturated carbocycles. The quantitative estimate of drug-likeness (QED) is 0.796. The number of nitrogens with zero attached hydrogens (tertiary/aromatic N) is 2. The molecule has 0 bridgehead atoms. The van der Waals surface area contributed by atoms with Gasteiger partial charge in [-0.05, 0) is 59.1 Å². The molecule has 2 aromatic rings. The zero-order chi connectivity index (χ0) is 19.2. The summed E-state index contributed by atoms with van der Waals surface area (Å²) in [6, 6.07) is 7.89. The molecule has 142 valence electrons. The highest BCUT2D eigenvalue weighted by Crippen LogP contribution is 2.27. The first kappa shape index (κ1) is 20.2. The average molecular weight is 378 g/mol. The summed E-state index contributed by atoms with van der Waals surface area (Å²) in [4.78, 5) is 19.2. The fraction of sp³-hybridized carbons (Fsp3) is 0.474. The normalized spacial score (nSPS) is 11.5. The number of carbonyl (C=O) groups is 1. The Bertz CT molecular complexity index is 706. The minimum Gasteiger partial charge on any atom is -0.492 e. The number of aromatic nitrogens is 1. The van der Waals surface area contributed by atoms with Crippen molar-refractivity contribution in [2.45, 2.75) is 32.9 Å². The maximum Gasteiger partial charge on any atom is 0.407 e. The molecule has 6 nitrogen and oxygen atoms in total. The van der Waals surface area contributed by atoms with Crippen molar-refractivity contribution < 1.29 is 14.3 Å². The van der Waals surface area contributed by atoms with E-state index < -0.39 is 11.7 Å². The first-order valence-electron chi connectivity index (χ1n) is 8.52. The van der Waals surface area contributed by atoms with Gasteiger partial charge in [0, 0.05) is 23.2 Å². The predicted molar refractivity (Wildman–Crippen MR) is 105 cm³/mol. The number of rotatable bonds is 7. The second-order valence-electron chi connectivity index (χ2n) is 7.16. The van der Waals surface area contributed by atoms with Crippen LogP contribution in [0, 0.1) is 0 Å². The van der Waals surface area contributed by atoms with E-state index in [2.05, 4.69) is 15.2 Å². The molecule has 1 heterocycles. The SMILES string of the molecule is CN(C)CCOc1ccc(-c2ncc(CNC(=O)OC(C)(C)C)s2)cc1. The summed E-state index contributed by atoms with van der Waals surface area (Å²) in [7, 11) is 4.04. The van der Waals surface area contributed by atoms with Gasteiger partial charge < -0.3 is 19.7 Å². The average Bonchev–Trinajstić information content (AvgIpc) is 3.01. The van der Waals surface area contributed by atoms with Crippen molar-refractivity contribution in [3.63, 3.8) is 0 Å². The largest absolute Gasteiger partial charge is 0.492 e. The van der Waals surface area contributed by atoms with Crippen molar-refractivity contribution >= 4 is 17.4 Å². The molecule has 0 aliphatic rings. The zero-order valence-corrected chi connectivity index (χ0v) is 16.9. The van der Waals surface area contributed by atoms with E-state index in [9.17, 15) is 4.79 Å². The standard InChI is InChI=1S/C19H27N3O3S/c1-19(2,3)25-18(23)21-13-16-12-20-17(26-16)14-6-8-15(9-7-14)24-11-10-22(4)5/h6-9,12H,10-11,13H2,1-5H3,(H,21,23). The van der Waals surface area contributed by atoms with Gasteiger partial charge >= 0.3 is 6.09 Å². The number of benzene rings is 1. The van der Waals surface area contributed by atoms with E-state index in [-0.39, 0.29) is 0 Å². The van der Waals surface area contributed by atoms with Crippen LogP contribution in [0.15, 0.2) is 30.5 Å². The fourth-order valence-electron chi connectivity index (χ4n) is 2.04. The molecule has 0 aliphatic carbocycles. The summed E-state index contributed by atoms with van der Waals surface area (Å²) in [5.74, 6) is 0.846. The van der Waals surface area contributed by atoms with Crippen LogP contribution in [0.3, 0.4) is 0 Å². The minimum absolute atomic E-state index is 0.401. The number of alkyl carbamates (subject to hydrolysis) is 1. The molecule has 1 N–H and O–H groups in total. The molecule has 0 fully saturated rings. The van der Waals surface area contributed by atoms with Gasteiger partial charge in [0.2, 0.25) is 0 Å². The Morgan fingerprint density at radius 2 is 1.92 bits per heavy atom. The van der Waals surface area contributed by atoms with Crippen LogP contribution in [0.2, 0.25) is 0 Å². The number of hydrogen-bond acceptors (Lipinski definition) is 6. The van der Waals surface area contributed by atoms with E-state index in [4.69, 9.17) is 9.47 Å². The molecule has 0 unspecified atom stereocenters. The molecule has 0 atom stereocenters. The lowest BCUT2D eigenvalue weighted by atomic mass is 10.2. The Morgan fingerprint density at radius 1 is 1.23 bits per heavy atom. The number of carbonyl (C=O) groups excluding carboxylic acids is 1. The number of nitrogens with one attached hydrogen (secondary N) is 1.